The maximum absolute atomic E-state index is 11.3. The van der Waals surface area contributed by atoms with Crippen molar-refractivity contribution in [2.75, 3.05) is 5.32 Å². The number of hydrogen-bond donors (Lipinski definition) is 2. The molecule has 2 rings (SSSR count). The molecule has 18 heavy (non-hydrogen) atoms. The minimum absolute atomic E-state index is 0.729. The molecule has 0 amide bonds. The molecule has 0 bridgehead atoms. The fourth-order valence-electron chi connectivity index (χ4n) is 1.83. The Labute approximate surface area is 106 Å². The molecule has 0 aliphatic heterocycles. The summed E-state index contributed by atoms with van der Waals surface area (Å²) >= 11 is 0. The highest BCUT2D eigenvalue weighted by molar-refractivity contribution is 5.79. The van der Waals surface area contributed by atoms with E-state index in [1.54, 1.807) is 0 Å². The molecular weight excluding hydrogens is 226 g/mol. The van der Waals surface area contributed by atoms with E-state index in [2.05, 4.69) is 5.32 Å². The van der Waals surface area contributed by atoms with E-state index in [-0.39, 0.29) is 0 Å². The molecule has 3 heteroatoms. The summed E-state index contributed by atoms with van der Waals surface area (Å²) < 4.78 is 0. The summed E-state index contributed by atoms with van der Waals surface area (Å²) in [6.07, 6.45) is 0. The summed E-state index contributed by atoms with van der Waals surface area (Å²) in [4.78, 5) is 11.3. The van der Waals surface area contributed by atoms with Crippen molar-refractivity contribution in [3.05, 3.63) is 65.7 Å². The topological polar surface area (TPSA) is 49.3 Å². The van der Waals surface area contributed by atoms with Crippen LogP contribution in [0.15, 0.2) is 54.6 Å². The van der Waals surface area contributed by atoms with Crippen LogP contribution in [-0.2, 0) is 4.79 Å². The highest BCUT2D eigenvalue weighted by Gasteiger charge is 2.18. The molecule has 0 aliphatic carbocycles. The molecule has 2 N–H and O–H groups in total. The lowest BCUT2D eigenvalue weighted by Crippen LogP contribution is -2.20. The zero-order valence-electron chi connectivity index (χ0n) is 10.1. The number of carbonyl (C=O) groups is 1. The predicted octanol–water partition coefficient (Wildman–Crippen LogP) is 3.23. The van der Waals surface area contributed by atoms with Crippen molar-refractivity contribution >= 4 is 11.7 Å². The summed E-state index contributed by atoms with van der Waals surface area (Å²) in [5, 5.41) is 12.3. The molecule has 2 aromatic rings. The fourth-order valence-corrected chi connectivity index (χ4v) is 1.83. The Morgan fingerprint density at radius 1 is 1.11 bits per heavy atom. The van der Waals surface area contributed by atoms with Crippen LogP contribution in [0.3, 0.4) is 0 Å². The minimum atomic E-state index is -0.886. The summed E-state index contributed by atoms with van der Waals surface area (Å²) in [5.41, 5.74) is 2.65. The number of aliphatic carboxylic acids is 1. The first kappa shape index (κ1) is 12.2. The van der Waals surface area contributed by atoms with E-state index in [0.29, 0.717) is 0 Å². The highest BCUT2D eigenvalue weighted by atomic mass is 16.4. The lowest BCUT2D eigenvalue weighted by molar-refractivity contribution is -0.138. The van der Waals surface area contributed by atoms with Crippen LogP contribution in [-0.4, -0.2) is 11.1 Å². The molecule has 2 aromatic carbocycles. The Kier molecular flexibility index (Phi) is 3.63. The molecule has 92 valence electrons. The minimum Gasteiger partial charge on any atom is -0.479 e. The van der Waals surface area contributed by atoms with E-state index >= 15 is 0 Å². The molecule has 0 fully saturated rings. The number of nitrogens with one attached hydrogen (secondary N) is 1. The van der Waals surface area contributed by atoms with Crippen molar-refractivity contribution in [2.45, 2.75) is 13.0 Å². The van der Waals surface area contributed by atoms with Gasteiger partial charge in [-0.25, -0.2) is 4.79 Å². The van der Waals surface area contributed by atoms with Gasteiger partial charge in [-0.15, -0.1) is 0 Å². The Morgan fingerprint density at radius 3 is 2.44 bits per heavy atom. The monoisotopic (exact) mass is 241 g/mol. The average Bonchev–Trinajstić information content (AvgIpc) is 2.37. The lowest BCUT2D eigenvalue weighted by atomic mass is 10.1. The van der Waals surface area contributed by atoms with Crippen LogP contribution < -0.4 is 5.32 Å². The smallest absolute Gasteiger partial charge is 0.330 e. The number of hydrogen-bond acceptors (Lipinski definition) is 2. The standard InChI is InChI=1S/C15H15NO2/c1-11-6-5-9-13(10-11)16-14(15(17)18)12-7-3-2-4-8-12/h2-10,14,16H,1H3,(H,17,18). The number of carboxylic acid groups (broad SMARTS) is 1. The van der Waals surface area contributed by atoms with Crippen molar-refractivity contribution in [1.29, 1.82) is 0 Å². The van der Waals surface area contributed by atoms with Gasteiger partial charge in [0.05, 0.1) is 0 Å². The third kappa shape index (κ3) is 2.88. The molecule has 0 saturated carbocycles. The van der Waals surface area contributed by atoms with Crippen LogP contribution in [0.1, 0.15) is 17.2 Å². The van der Waals surface area contributed by atoms with E-state index < -0.39 is 12.0 Å². The van der Waals surface area contributed by atoms with Crippen LogP contribution >= 0.6 is 0 Å². The van der Waals surface area contributed by atoms with Gasteiger partial charge in [0.2, 0.25) is 0 Å². The van der Waals surface area contributed by atoms with Gasteiger partial charge in [-0.1, -0.05) is 42.5 Å². The second-order valence-electron chi connectivity index (χ2n) is 4.20. The van der Waals surface area contributed by atoms with E-state index in [0.717, 1.165) is 16.8 Å². The van der Waals surface area contributed by atoms with Gasteiger partial charge < -0.3 is 10.4 Å². The number of anilines is 1. The first-order valence-electron chi connectivity index (χ1n) is 5.78. The van der Waals surface area contributed by atoms with Gasteiger partial charge in [0.15, 0.2) is 6.04 Å². The molecule has 1 unspecified atom stereocenters. The average molecular weight is 241 g/mol. The van der Waals surface area contributed by atoms with Gasteiger partial charge in [0.25, 0.3) is 0 Å². The van der Waals surface area contributed by atoms with Gasteiger partial charge in [-0.05, 0) is 30.2 Å². The molecular formula is C15H15NO2. The molecule has 0 aliphatic rings. The van der Waals surface area contributed by atoms with Gasteiger partial charge >= 0.3 is 5.97 Å². The van der Waals surface area contributed by atoms with Gasteiger partial charge in [0, 0.05) is 5.69 Å². The zero-order chi connectivity index (χ0) is 13.0. The molecule has 0 heterocycles. The normalized spacial score (nSPS) is 11.8. The van der Waals surface area contributed by atoms with Gasteiger partial charge in [-0.3, -0.25) is 0 Å². The lowest BCUT2D eigenvalue weighted by Gasteiger charge is -2.16. The molecule has 0 radical (unpaired) electrons. The van der Waals surface area contributed by atoms with E-state index in [4.69, 9.17) is 0 Å². The summed E-state index contributed by atoms with van der Waals surface area (Å²) in [6, 6.07) is 16.1. The van der Waals surface area contributed by atoms with Crippen LogP contribution in [0.5, 0.6) is 0 Å². The summed E-state index contributed by atoms with van der Waals surface area (Å²) in [5.74, 6) is -0.886. The second kappa shape index (κ2) is 5.36. The quantitative estimate of drug-likeness (QED) is 0.864. The largest absolute Gasteiger partial charge is 0.479 e. The number of carboxylic acids is 1. The molecule has 3 nitrogen and oxygen atoms in total. The van der Waals surface area contributed by atoms with Crippen molar-refractivity contribution in [1.82, 2.24) is 0 Å². The number of rotatable bonds is 4. The van der Waals surface area contributed by atoms with Crippen molar-refractivity contribution < 1.29 is 9.90 Å². The van der Waals surface area contributed by atoms with Gasteiger partial charge in [-0.2, -0.15) is 0 Å². The van der Waals surface area contributed by atoms with Crippen LogP contribution in [0.2, 0.25) is 0 Å². The first-order valence-corrected chi connectivity index (χ1v) is 5.78. The second-order valence-corrected chi connectivity index (χ2v) is 4.20. The zero-order valence-corrected chi connectivity index (χ0v) is 10.1. The van der Waals surface area contributed by atoms with Crippen molar-refractivity contribution in [2.24, 2.45) is 0 Å². The van der Waals surface area contributed by atoms with E-state index in [1.807, 2.05) is 61.5 Å². The molecule has 0 spiro atoms. The summed E-state index contributed by atoms with van der Waals surface area (Å²) in [6.45, 7) is 1.98. The Bertz CT molecular complexity index is 537. The SMILES string of the molecule is Cc1cccc(NC(C(=O)O)c2ccccc2)c1. The number of aryl methyl sites for hydroxylation is 1. The molecule has 1 atom stereocenters. The third-order valence-electron chi connectivity index (χ3n) is 2.71. The maximum atomic E-state index is 11.3. The highest BCUT2D eigenvalue weighted by Crippen LogP contribution is 2.20. The first-order chi connectivity index (χ1) is 8.66. The Balaban J connectivity index is 2.25. The van der Waals surface area contributed by atoms with Crippen molar-refractivity contribution in [3.8, 4) is 0 Å². The maximum Gasteiger partial charge on any atom is 0.330 e. The van der Waals surface area contributed by atoms with Crippen molar-refractivity contribution in [3.63, 3.8) is 0 Å². The summed E-state index contributed by atoms with van der Waals surface area (Å²) in [7, 11) is 0. The number of benzene rings is 2. The predicted molar refractivity (Wildman–Crippen MR) is 71.6 cm³/mol. The molecule has 0 aromatic heterocycles. The van der Waals surface area contributed by atoms with Crippen LogP contribution in [0, 0.1) is 6.92 Å². The van der Waals surface area contributed by atoms with Crippen LogP contribution in [0.25, 0.3) is 0 Å². The van der Waals surface area contributed by atoms with Gasteiger partial charge in [0.1, 0.15) is 0 Å². The Hall–Kier alpha value is -2.29. The fraction of sp³-hybridized carbons (Fsp3) is 0.133. The van der Waals surface area contributed by atoms with E-state index in [9.17, 15) is 9.90 Å². The Morgan fingerprint density at radius 2 is 1.83 bits per heavy atom. The third-order valence-corrected chi connectivity index (χ3v) is 2.71. The molecule has 0 saturated heterocycles. The van der Waals surface area contributed by atoms with E-state index in [1.165, 1.54) is 0 Å². The van der Waals surface area contributed by atoms with Crippen LogP contribution in [0.4, 0.5) is 5.69 Å².